The minimum absolute atomic E-state index is 0.193. The minimum Gasteiger partial charge on any atom is -0.496 e. The fourth-order valence-electron chi connectivity index (χ4n) is 2.98. The molecular weight excluding hydrogens is 384 g/mol. The van der Waals surface area contributed by atoms with Crippen LogP contribution in [-0.2, 0) is 16.0 Å². The number of nitrogens with zero attached hydrogens (tertiary/aromatic N) is 1. The van der Waals surface area contributed by atoms with Gasteiger partial charge in [-0.1, -0.05) is 30.3 Å². The molecule has 7 heteroatoms. The van der Waals surface area contributed by atoms with Gasteiger partial charge in [0.1, 0.15) is 23.3 Å². The van der Waals surface area contributed by atoms with E-state index in [0.29, 0.717) is 36.8 Å². The molecule has 30 heavy (non-hydrogen) atoms. The summed E-state index contributed by atoms with van der Waals surface area (Å²) in [4.78, 5) is 26.9. The summed E-state index contributed by atoms with van der Waals surface area (Å²) in [6.07, 6.45) is 0.642. The van der Waals surface area contributed by atoms with Crippen molar-refractivity contribution in [3.63, 3.8) is 0 Å². The highest BCUT2D eigenvalue weighted by Crippen LogP contribution is 2.27. The van der Waals surface area contributed by atoms with Gasteiger partial charge in [0.25, 0.3) is 5.91 Å². The average Bonchev–Trinajstić information content (AvgIpc) is 2.78. The van der Waals surface area contributed by atoms with Crippen LogP contribution in [0.2, 0.25) is 0 Å². The Morgan fingerprint density at radius 1 is 1.00 bits per heavy atom. The number of carbonyl (C=O) groups is 2. The Morgan fingerprint density at radius 3 is 2.17 bits per heavy atom. The van der Waals surface area contributed by atoms with E-state index in [9.17, 15) is 9.59 Å². The molecule has 0 aliphatic heterocycles. The summed E-state index contributed by atoms with van der Waals surface area (Å²) in [5.74, 6) is 1.11. The summed E-state index contributed by atoms with van der Waals surface area (Å²) in [5, 5.41) is 2.78. The van der Waals surface area contributed by atoms with Gasteiger partial charge in [0.15, 0.2) is 6.61 Å². The summed E-state index contributed by atoms with van der Waals surface area (Å²) in [6, 6.07) is 14.3. The molecular formula is C23H30N2O5. The van der Waals surface area contributed by atoms with Crippen molar-refractivity contribution >= 4 is 11.8 Å². The third-order valence-electron chi connectivity index (χ3n) is 4.69. The van der Waals surface area contributed by atoms with Gasteiger partial charge in [-0.15, -0.1) is 0 Å². The number of amides is 2. The van der Waals surface area contributed by atoms with Crippen molar-refractivity contribution in [2.75, 3.05) is 33.9 Å². The Labute approximate surface area is 177 Å². The SMILES string of the molecule is CCNC(=O)[C@@H](C)N(CCc1ccccc1)C(=O)COc1cc(OC)cc(OC)c1. The van der Waals surface area contributed by atoms with E-state index in [-0.39, 0.29) is 18.4 Å². The van der Waals surface area contributed by atoms with Gasteiger partial charge in [0, 0.05) is 31.3 Å². The van der Waals surface area contributed by atoms with Crippen LogP contribution in [-0.4, -0.2) is 56.7 Å². The van der Waals surface area contributed by atoms with E-state index < -0.39 is 6.04 Å². The first kappa shape index (κ1) is 23.1. The lowest BCUT2D eigenvalue weighted by atomic mass is 10.1. The molecule has 0 fully saturated rings. The predicted molar refractivity (Wildman–Crippen MR) is 115 cm³/mol. The van der Waals surface area contributed by atoms with Crippen molar-refractivity contribution in [1.82, 2.24) is 10.2 Å². The number of hydrogen-bond donors (Lipinski definition) is 1. The first-order valence-electron chi connectivity index (χ1n) is 9.95. The topological polar surface area (TPSA) is 77.1 Å². The molecule has 0 saturated heterocycles. The molecule has 0 aliphatic rings. The Bertz CT molecular complexity index is 803. The van der Waals surface area contributed by atoms with E-state index in [1.54, 1.807) is 44.2 Å². The van der Waals surface area contributed by atoms with Gasteiger partial charge in [0.05, 0.1) is 14.2 Å². The maximum Gasteiger partial charge on any atom is 0.261 e. The molecule has 0 heterocycles. The molecule has 2 aromatic carbocycles. The van der Waals surface area contributed by atoms with Crippen molar-refractivity contribution < 1.29 is 23.8 Å². The number of rotatable bonds is 11. The van der Waals surface area contributed by atoms with Crippen LogP contribution in [0.1, 0.15) is 19.4 Å². The summed E-state index contributed by atoms with van der Waals surface area (Å²) >= 11 is 0. The summed E-state index contributed by atoms with van der Waals surface area (Å²) in [5.41, 5.74) is 1.09. The number of ether oxygens (including phenoxy) is 3. The van der Waals surface area contributed by atoms with Gasteiger partial charge in [0.2, 0.25) is 5.91 Å². The monoisotopic (exact) mass is 414 g/mol. The van der Waals surface area contributed by atoms with E-state index in [4.69, 9.17) is 14.2 Å². The van der Waals surface area contributed by atoms with Crippen LogP contribution >= 0.6 is 0 Å². The van der Waals surface area contributed by atoms with Crippen molar-refractivity contribution in [2.45, 2.75) is 26.3 Å². The van der Waals surface area contributed by atoms with E-state index >= 15 is 0 Å². The normalized spacial score (nSPS) is 11.3. The summed E-state index contributed by atoms with van der Waals surface area (Å²) in [7, 11) is 3.09. The number of likely N-dealkylation sites (N-methyl/N-ethyl adjacent to an activating group) is 1. The lowest BCUT2D eigenvalue weighted by molar-refractivity contribution is -0.141. The highest BCUT2D eigenvalue weighted by atomic mass is 16.5. The fraction of sp³-hybridized carbons (Fsp3) is 0.391. The molecule has 0 aliphatic carbocycles. The zero-order valence-electron chi connectivity index (χ0n) is 18.0. The molecule has 0 saturated carbocycles. The van der Waals surface area contributed by atoms with Crippen LogP contribution in [0.5, 0.6) is 17.2 Å². The van der Waals surface area contributed by atoms with Crippen molar-refractivity contribution in [3.05, 3.63) is 54.1 Å². The van der Waals surface area contributed by atoms with Crippen LogP contribution in [0.3, 0.4) is 0 Å². The third-order valence-corrected chi connectivity index (χ3v) is 4.69. The standard InChI is InChI=1S/C23H30N2O5/c1-5-24-23(27)17(2)25(12-11-18-9-7-6-8-10-18)22(26)16-30-21-14-19(28-3)13-20(15-21)29-4/h6-10,13-15,17H,5,11-12,16H2,1-4H3,(H,24,27)/t17-/m1/s1. The summed E-state index contributed by atoms with van der Waals surface area (Å²) in [6.45, 7) is 4.29. The fourth-order valence-corrected chi connectivity index (χ4v) is 2.98. The molecule has 0 radical (unpaired) electrons. The highest BCUT2D eigenvalue weighted by Gasteiger charge is 2.25. The Morgan fingerprint density at radius 2 is 1.60 bits per heavy atom. The second-order valence-corrected chi connectivity index (χ2v) is 6.73. The quantitative estimate of drug-likeness (QED) is 0.612. The Kier molecular flexibility index (Phi) is 9.00. The first-order chi connectivity index (χ1) is 14.5. The maximum absolute atomic E-state index is 13.0. The maximum atomic E-state index is 13.0. The predicted octanol–water partition coefficient (Wildman–Crippen LogP) is 2.68. The molecule has 0 bridgehead atoms. The molecule has 0 unspecified atom stereocenters. The second-order valence-electron chi connectivity index (χ2n) is 6.73. The molecule has 0 aromatic heterocycles. The first-order valence-corrected chi connectivity index (χ1v) is 9.95. The smallest absolute Gasteiger partial charge is 0.261 e. The van der Waals surface area contributed by atoms with Gasteiger partial charge >= 0.3 is 0 Å². The van der Waals surface area contributed by atoms with Gasteiger partial charge in [-0.25, -0.2) is 0 Å². The number of hydrogen-bond acceptors (Lipinski definition) is 5. The molecule has 162 valence electrons. The molecule has 2 rings (SSSR count). The van der Waals surface area contributed by atoms with Crippen molar-refractivity contribution in [2.24, 2.45) is 0 Å². The number of methoxy groups -OCH3 is 2. The summed E-state index contributed by atoms with van der Waals surface area (Å²) < 4.78 is 16.1. The van der Waals surface area contributed by atoms with Crippen LogP contribution in [0.4, 0.5) is 0 Å². The van der Waals surface area contributed by atoms with Crippen LogP contribution in [0, 0.1) is 0 Å². The lowest BCUT2D eigenvalue weighted by Crippen LogP contribution is -2.50. The Balaban J connectivity index is 2.10. The number of carbonyl (C=O) groups excluding carboxylic acids is 2. The van der Waals surface area contributed by atoms with Crippen LogP contribution in [0.15, 0.2) is 48.5 Å². The van der Waals surface area contributed by atoms with Crippen molar-refractivity contribution in [1.29, 1.82) is 0 Å². The van der Waals surface area contributed by atoms with E-state index in [2.05, 4.69) is 5.32 Å². The van der Waals surface area contributed by atoms with E-state index in [1.807, 2.05) is 37.3 Å². The van der Waals surface area contributed by atoms with Crippen molar-refractivity contribution in [3.8, 4) is 17.2 Å². The molecule has 0 spiro atoms. The zero-order valence-corrected chi connectivity index (χ0v) is 18.0. The number of benzene rings is 2. The van der Waals surface area contributed by atoms with Gasteiger partial charge < -0.3 is 24.4 Å². The zero-order chi connectivity index (χ0) is 21.9. The number of nitrogens with one attached hydrogen (secondary N) is 1. The van der Waals surface area contributed by atoms with E-state index in [1.165, 1.54) is 0 Å². The molecule has 1 atom stereocenters. The molecule has 7 nitrogen and oxygen atoms in total. The van der Waals surface area contributed by atoms with Crippen LogP contribution in [0.25, 0.3) is 0 Å². The minimum atomic E-state index is -0.607. The second kappa shape index (κ2) is 11.7. The molecule has 2 amide bonds. The van der Waals surface area contributed by atoms with Gasteiger partial charge in [-0.3, -0.25) is 9.59 Å². The average molecular weight is 415 g/mol. The van der Waals surface area contributed by atoms with Crippen LogP contribution < -0.4 is 19.5 Å². The Hall–Kier alpha value is -3.22. The lowest BCUT2D eigenvalue weighted by Gasteiger charge is -2.28. The van der Waals surface area contributed by atoms with Gasteiger partial charge in [-0.05, 0) is 25.8 Å². The largest absolute Gasteiger partial charge is 0.496 e. The molecule has 1 N–H and O–H groups in total. The highest BCUT2D eigenvalue weighted by molar-refractivity contribution is 5.87. The van der Waals surface area contributed by atoms with Gasteiger partial charge in [-0.2, -0.15) is 0 Å². The molecule has 2 aromatic rings. The van der Waals surface area contributed by atoms with E-state index in [0.717, 1.165) is 5.56 Å². The third kappa shape index (κ3) is 6.69.